The van der Waals surface area contributed by atoms with Crippen molar-refractivity contribution in [3.8, 4) is 22.3 Å². The number of ether oxygens (including phenoxy) is 3. The third kappa shape index (κ3) is 4.26. The van der Waals surface area contributed by atoms with E-state index in [2.05, 4.69) is 169 Å². The van der Waals surface area contributed by atoms with Gasteiger partial charge in [-0.2, -0.15) is 0 Å². The van der Waals surface area contributed by atoms with Gasteiger partial charge < -0.3 is 28.4 Å². The standard InChI is InChI=1S/C52H32B2N2O4S2/c1-27-28(2)57-51-45(27)54-46-34-25-35-41(26-44(34)62-52(46)60-40-20-11-17-37(48(40)54)56(51)29-12-4-3-5-13-29)58-39-19-10-16-36-47(39)53(35)50-49(32-15-6-8-18-38(32)59-50)55(36)30-22-23-43-33(24-30)31-14-7-9-21-42(31)61-43/h3-26,45,51H,1-2H3. The van der Waals surface area contributed by atoms with Crippen molar-refractivity contribution >= 4 is 133 Å². The number of para-hydroxylation sites is 2. The first-order valence-corrected chi connectivity index (χ1v) is 22.8. The molecule has 10 heteroatoms. The third-order valence-electron chi connectivity index (χ3n) is 14.1. The number of hydrogen-bond donors (Lipinski definition) is 0. The SMILES string of the molecule is CC1=C(C)C2B3c4c(cccc4N(c4ccccc4)C2O1)Oc1sc2cc4c(cc2c13)B1c2oc3ccccc3c2N(c2ccc3sc5ccccc5c3c2)c2cccc(c21)O4. The minimum absolute atomic E-state index is 0.0261. The van der Waals surface area contributed by atoms with E-state index in [9.17, 15) is 0 Å². The number of allylic oxidation sites excluding steroid dienone is 1. The van der Waals surface area contributed by atoms with E-state index in [4.69, 9.17) is 18.6 Å². The number of fused-ring (bicyclic) bond motifs is 15. The molecule has 7 aromatic carbocycles. The van der Waals surface area contributed by atoms with E-state index in [0.29, 0.717) is 0 Å². The first kappa shape index (κ1) is 33.8. The summed E-state index contributed by atoms with van der Waals surface area (Å²) < 4.78 is 31.7. The molecule has 8 heterocycles. The second-order valence-corrected chi connectivity index (χ2v) is 19.2. The van der Waals surface area contributed by atoms with Crippen LogP contribution >= 0.6 is 22.7 Å². The maximum absolute atomic E-state index is 7.10. The fraction of sp³-hybridized carbons (Fsp3) is 0.0769. The minimum atomic E-state index is -0.201. The average Bonchev–Trinajstić information content (AvgIpc) is 4.05. The molecule has 2 atom stereocenters. The lowest BCUT2D eigenvalue weighted by Gasteiger charge is -2.45. The first-order valence-electron chi connectivity index (χ1n) is 21.2. The van der Waals surface area contributed by atoms with Crippen LogP contribution in [0.15, 0.2) is 161 Å². The zero-order chi connectivity index (χ0) is 40.5. The van der Waals surface area contributed by atoms with Crippen molar-refractivity contribution in [1.29, 1.82) is 0 Å². The lowest BCUT2D eigenvalue weighted by molar-refractivity contribution is 0.149. The minimum Gasteiger partial charge on any atom is -0.475 e. The predicted octanol–water partition coefficient (Wildman–Crippen LogP) is 11.3. The topological polar surface area (TPSA) is 47.3 Å². The van der Waals surface area contributed by atoms with Gasteiger partial charge in [0.05, 0.1) is 17.1 Å². The maximum atomic E-state index is 7.10. The van der Waals surface area contributed by atoms with Gasteiger partial charge in [-0.05, 0) is 120 Å². The molecule has 3 aromatic heterocycles. The molecule has 5 aliphatic heterocycles. The maximum Gasteiger partial charge on any atom is 0.301 e. The quantitative estimate of drug-likeness (QED) is 0.162. The Balaban J connectivity index is 0.960. The predicted molar refractivity (Wildman–Crippen MR) is 257 cm³/mol. The van der Waals surface area contributed by atoms with E-state index < -0.39 is 0 Å². The summed E-state index contributed by atoms with van der Waals surface area (Å²) in [5, 5.41) is 5.75. The third-order valence-corrected chi connectivity index (χ3v) is 16.3. The van der Waals surface area contributed by atoms with E-state index >= 15 is 0 Å². The molecule has 0 N–H and O–H groups in total. The Morgan fingerprint density at radius 1 is 0.565 bits per heavy atom. The molecule has 5 aliphatic rings. The van der Waals surface area contributed by atoms with Crippen LogP contribution in [0.5, 0.6) is 22.3 Å². The first-order chi connectivity index (χ1) is 30.6. The van der Waals surface area contributed by atoms with Crippen molar-refractivity contribution in [2.75, 3.05) is 9.80 Å². The summed E-state index contributed by atoms with van der Waals surface area (Å²) in [6, 6.07) is 52.3. The number of rotatable bonds is 2. The van der Waals surface area contributed by atoms with Gasteiger partial charge in [-0.3, -0.25) is 0 Å². The molecule has 292 valence electrons. The Bertz CT molecular complexity index is 3670. The highest BCUT2D eigenvalue weighted by molar-refractivity contribution is 7.26. The van der Waals surface area contributed by atoms with Crippen LogP contribution in [0, 0.1) is 0 Å². The normalized spacial score (nSPS) is 17.7. The summed E-state index contributed by atoms with van der Waals surface area (Å²) in [6.07, 6.45) is -0.199. The molecule has 6 nitrogen and oxygen atoms in total. The van der Waals surface area contributed by atoms with Gasteiger partial charge in [-0.15, -0.1) is 11.3 Å². The Kier molecular flexibility index (Phi) is 6.51. The zero-order valence-electron chi connectivity index (χ0n) is 33.5. The smallest absolute Gasteiger partial charge is 0.301 e. The molecule has 0 saturated carbocycles. The zero-order valence-corrected chi connectivity index (χ0v) is 35.1. The summed E-state index contributed by atoms with van der Waals surface area (Å²) in [7, 11) is 0. The van der Waals surface area contributed by atoms with Crippen molar-refractivity contribution in [1.82, 2.24) is 0 Å². The van der Waals surface area contributed by atoms with Crippen LogP contribution in [0.3, 0.4) is 0 Å². The molecule has 2 unspecified atom stereocenters. The molecule has 62 heavy (non-hydrogen) atoms. The van der Waals surface area contributed by atoms with Crippen molar-refractivity contribution < 1.29 is 18.6 Å². The van der Waals surface area contributed by atoms with Crippen molar-refractivity contribution in [2.45, 2.75) is 25.9 Å². The Morgan fingerprint density at radius 3 is 2.23 bits per heavy atom. The number of hydrogen-bond acceptors (Lipinski definition) is 8. The van der Waals surface area contributed by atoms with Crippen LogP contribution in [0.1, 0.15) is 13.8 Å². The molecule has 0 spiro atoms. The monoisotopic (exact) mass is 834 g/mol. The molecule has 0 fully saturated rings. The lowest BCUT2D eigenvalue weighted by atomic mass is 9.30. The highest BCUT2D eigenvalue weighted by Gasteiger charge is 2.55. The summed E-state index contributed by atoms with van der Waals surface area (Å²) in [5.41, 5.74) is 13.2. The summed E-state index contributed by atoms with van der Waals surface area (Å²) >= 11 is 3.55. The second-order valence-electron chi connectivity index (χ2n) is 17.1. The molecule has 0 amide bonds. The lowest BCUT2D eigenvalue weighted by Crippen LogP contribution is -2.60. The van der Waals surface area contributed by atoms with Gasteiger partial charge in [0.25, 0.3) is 0 Å². The Labute approximate surface area is 364 Å². The number of nitrogens with zero attached hydrogens (tertiary/aromatic N) is 2. The molecule has 0 bridgehead atoms. The summed E-state index contributed by atoms with van der Waals surface area (Å²) in [4.78, 5) is 4.79. The van der Waals surface area contributed by atoms with Gasteiger partial charge in [-0.25, -0.2) is 0 Å². The van der Waals surface area contributed by atoms with E-state index in [1.54, 1.807) is 11.3 Å². The van der Waals surface area contributed by atoms with Crippen LogP contribution in [0.4, 0.5) is 28.4 Å². The van der Waals surface area contributed by atoms with Crippen LogP contribution in [-0.4, -0.2) is 19.7 Å². The molecule has 15 rings (SSSR count). The molecular formula is C52H32B2N2O4S2. The fourth-order valence-corrected chi connectivity index (χ4v) is 13.6. The highest BCUT2D eigenvalue weighted by atomic mass is 32.1. The highest BCUT2D eigenvalue weighted by Crippen LogP contribution is 2.53. The van der Waals surface area contributed by atoms with Gasteiger partial charge in [0.15, 0.2) is 11.3 Å². The van der Waals surface area contributed by atoms with Gasteiger partial charge in [-0.1, -0.05) is 78.1 Å². The summed E-state index contributed by atoms with van der Waals surface area (Å²) in [5.74, 6) is 3.68. The molecule has 0 radical (unpaired) electrons. The van der Waals surface area contributed by atoms with Crippen molar-refractivity contribution in [3.05, 3.63) is 157 Å². The van der Waals surface area contributed by atoms with Gasteiger partial charge in [0.1, 0.15) is 22.8 Å². The molecule has 10 aromatic rings. The number of thiophene rings is 2. The van der Waals surface area contributed by atoms with E-state index in [-0.39, 0.29) is 25.5 Å². The Morgan fingerprint density at radius 2 is 1.34 bits per heavy atom. The fourth-order valence-electron chi connectivity index (χ4n) is 11.4. The number of benzene rings is 7. The number of anilines is 5. The molecular weight excluding hydrogens is 802 g/mol. The van der Waals surface area contributed by atoms with Crippen LogP contribution in [0.25, 0.3) is 41.2 Å². The van der Waals surface area contributed by atoms with Crippen LogP contribution < -0.4 is 46.8 Å². The van der Waals surface area contributed by atoms with Crippen molar-refractivity contribution in [2.24, 2.45) is 0 Å². The second kappa shape index (κ2) is 11.9. The molecule has 0 saturated heterocycles. The van der Waals surface area contributed by atoms with Gasteiger partial charge in [0, 0.05) is 64.3 Å². The van der Waals surface area contributed by atoms with Crippen LogP contribution in [-0.2, 0) is 4.74 Å². The van der Waals surface area contributed by atoms with Gasteiger partial charge in [0.2, 0.25) is 6.71 Å². The molecule has 0 aliphatic carbocycles. The van der Waals surface area contributed by atoms with E-state index in [0.717, 1.165) is 88.8 Å². The van der Waals surface area contributed by atoms with E-state index in [1.807, 2.05) is 11.3 Å². The number of furan rings is 1. The Hall–Kier alpha value is -6.87. The largest absolute Gasteiger partial charge is 0.475 e. The van der Waals surface area contributed by atoms with Crippen molar-refractivity contribution in [3.63, 3.8) is 0 Å². The average molecular weight is 835 g/mol. The van der Waals surface area contributed by atoms with Crippen LogP contribution in [0.2, 0.25) is 5.82 Å². The van der Waals surface area contributed by atoms with E-state index in [1.165, 1.54) is 42.1 Å². The van der Waals surface area contributed by atoms with Gasteiger partial charge >= 0.3 is 6.71 Å². The summed E-state index contributed by atoms with van der Waals surface area (Å²) in [6.45, 7) is 4.20.